The topological polar surface area (TPSA) is 80.6 Å². The van der Waals surface area contributed by atoms with Gasteiger partial charge in [0, 0.05) is 33.2 Å². The molecule has 0 aliphatic heterocycles. The minimum atomic E-state index is -0.227. The van der Waals surface area contributed by atoms with Crippen molar-refractivity contribution in [3.63, 3.8) is 0 Å². The van der Waals surface area contributed by atoms with Crippen LogP contribution in [0, 0.1) is 0 Å². The van der Waals surface area contributed by atoms with Crippen LogP contribution in [0.3, 0.4) is 0 Å². The first-order valence-corrected chi connectivity index (χ1v) is 8.27. The van der Waals surface area contributed by atoms with E-state index in [1.54, 1.807) is 30.2 Å². The molecule has 136 valence electrons. The molecule has 0 fully saturated rings. The molecule has 0 unspecified atom stereocenters. The molecule has 8 nitrogen and oxygen atoms in total. The SMILES string of the molecule is COCCN(CCN(C)C)C(=O)CCn1nnc2ccccc2c1=O. The van der Waals surface area contributed by atoms with E-state index in [0.29, 0.717) is 30.6 Å². The summed E-state index contributed by atoms with van der Waals surface area (Å²) in [5.41, 5.74) is 0.331. The van der Waals surface area contributed by atoms with Gasteiger partial charge in [0.2, 0.25) is 5.91 Å². The average molecular weight is 347 g/mol. The summed E-state index contributed by atoms with van der Waals surface area (Å²) in [6, 6.07) is 7.05. The van der Waals surface area contributed by atoms with Gasteiger partial charge in [0.15, 0.2) is 0 Å². The highest BCUT2D eigenvalue weighted by atomic mass is 16.5. The highest BCUT2D eigenvalue weighted by molar-refractivity contribution is 5.77. The molecule has 0 aliphatic rings. The van der Waals surface area contributed by atoms with Crippen molar-refractivity contribution in [3.8, 4) is 0 Å². The maximum absolute atomic E-state index is 12.5. The second kappa shape index (κ2) is 9.24. The van der Waals surface area contributed by atoms with Crippen LogP contribution in [0.2, 0.25) is 0 Å². The number of carbonyl (C=O) groups excluding carboxylic acids is 1. The third kappa shape index (κ3) is 5.33. The molecule has 0 radical (unpaired) electrons. The molecule has 1 aromatic heterocycles. The van der Waals surface area contributed by atoms with Gasteiger partial charge < -0.3 is 14.5 Å². The quantitative estimate of drug-likeness (QED) is 0.645. The molecule has 0 saturated heterocycles. The summed E-state index contributed by atoms with van der Waals surface area (Å²) in [4.78, 5) is 28.7. The van der Waals surface area contributed by atoms with E-state index in [1.165, 1.54) is 4.68 Å². The third-order valence-electron chi connectivity index (χ3n) is 3.90. The smallest absolute Gasteiger partial charge is 0.277 e. The van der Waals surface area contributed by atoms with E-state index < -0.39 is 0 Å². The van der Waals surface area contributed by atoms with Crippen LogP contribution in [0.1, 0.15) is 6.42 Å². The Morgan fingerprint density at radius 2 is 1.96 bits per heavy atom. The number of hydrogen-bond donors (Lipinski definition) is 0. The van der Waals surface area contributed by atoms with Crippen molar-refractivity contribution in [2.45, 2.75) is 13.0 Å². The molecule has 25 heavy (non-hydrogen) atoms. The van der Waals surface area contributed by atoms with Crippen LogP contribution in [0.15, 0.2) is 29.1 Å². The van der Waals surface area contributed by atoms with Crippen LogP contribution in [0.5, 0.6) is 0 Å². The highest BCUT2D eigenvalue weighted by Gasteiger charge is 2.14. The first kappa shape index (κ1) is 19.0. The lowest BCUT2D eigenvalue weighted by atomic mass is 10.2. The number of aryl methyl sites for hydroxylation is 1. The van der Waals surface area contributed by atoms with Crippen molar-refractivity contribution in [1.29, 1.82) is 0 Å². The molecule has 0 bridgehead atoms. The molecule has 0 aliphatic carbocycles. The number of nitrogens with zero attached hydrogens (tertiary/aromatic N) is 5. The maximum Gasteiger partial charge on any atom is 0.277 e. The lowest BCUT2D eigenvalue weighted by Gasteiger charge is -2.24. The number of likely N-dealkylation sites (N-methyl/N-ethyl adjacent to an activating group) is 1. The van der Waals surface area contributed by atoms with Gasteiger partial charge in [0.1, 0.15) is 5.52 Å². The zero-order chi connectivity index (χ0) is 18.2. The van der Waals surface area contributed by atoms with Gasteiger partial charge in [-0.05, 0) is 26.2 Å². The van der Waals surface area contributed by atoms with Crippen molar-refractivity contribution in [3.05, 3.63) is 34.6 Å². The Balaban J connectivity index is 2.03. The van der Waals surface area contributed by atoms with E-state index in [2.05, 4.69) is 10.3 Å². The minimum absolute atomic E-state index is 0.0271. The zero-order valence-corrected chi connectivity index (χ0v) is 15.0. The minimum Gasteiger partial charge on any atom is -0.383 e. The number of fused-ring (bicyclic) bond motifs is 1. The summed E-state index contributed by atoms with van der Waals surface area (Å²) in [6.07, 6.45) is 0.198. The summed E-state index contributed by atoms with van der Waals surface area (Å²) in [6.45, 7) is 2.61. The van der Waals surface area contributed by atoms with Crippen LogP contribution in [0.4, 0.5) is 0 Å². The summed E-state index contributed by atoms with van der Waals surface area (Å²) < 4.78 is 6.33. The molecule has 0 spiro atoms. The van der Waals surface area contributed by atoms with E-state index in [1.807, 2.05) is 25.1 Å². The second-order valence-corrected chi connectivity index (χ2v) is 6.06. The third-order valence-corrected chi connectivity index (χ3v) is 3.90. The fourth-order valence-electron chi connectivity index (χ4n) is 2.41. The Morgan fingerprint density at radius 1 is 1.20 bits per heavy atom. The molecule has 0 atom stereocenters. The molecule has 0 saturated carbocycles. The van der Waals surface area contributed by atoms with Crippen LogP contribution in [-0.4, -0.2) is 78.1 Å². The van der Waals surface area contributed by atoms with Crippen molar-refractivity contribution in [1.82, 2.24) is 24.8 Å². The highest BCUT2D eigenvalue weighted by Crippen LogP contribution is 2.04. The van der Waals surface area contributed by atoms with Crippen LogP contribution in [-0.2, 0) is 16.1 Å². The first-order valence-electron chi connectivity index (χ1n) is 8.27. The van der Waals surface area contributed by atoms with Gasteiger partial charge in [0.05, 0.1) is 18.5 Å². The predicted octanol–water partition coefficient (Wildman–Crippen LogP) is 0.218. The van der Waals surface area contributed by atoms with Gasteiger partial charge in [-0.25, -0.2) is 4.68 Å². The summed E-state index contributed by atoms with van der Waals surface area (Å²) >= 11 is 0. The predicted molar refractivity (Wildman–Crippen MR) is 95.4 cm³/mol. The number of amides is 1. The number of ether oxygens (including phenoxy) is 1. The Hall–Kier alpha value is -2.32. The van der Waals surface area contributed by atoms with E-state index in [9.17, 15) is 9.59 Å². The van der Waals surface area contributed by atoms with E-state index >= 15 is 0 Å². The molecule has 0 N–H and O–H groups in total. The Morgan fingerprint density at radius 3 is 2.68 bits per heavy atom. The number of carbonyl (C=O) groups is 1. The average Bonchev–Trinajstić information content (AvgIpc) is 2.61. The van der Waals surface area contributed by atoms with Gasteiger partial charge in [-0.2, -0.15) is 0 Å². The zero-order valence-electron chi connectivity index (χ0n) is 15.0. The molecule has 2 rings (SSSR count). The lowest BCUT2D eigenvalue weighted by Crippen LogP contribution is -2.39. The number of benzene rings is 1. The normalized spacial score (nSPS) is 11.2. The summed E-state index contributed by atoms with van der Waals surface area (Å²) in [5, 5.41) is 8.47. The van der Waals surface area contributed by atoms with Gasteiger partial charge in [-0.15, -0.1) is 5.10 Å². The fourth-order valence-corrected chi connectivity index (χ4v) is 2.41. The molecule has 1 amide bonds. The van der Waals surface area contributed by atoms with Crippen molar-refractivity contribution >= 4 is 16.8 Å². The number of rotatable bonds is 9. The molecule has 1 aromatic carbocycles. The van der Waals surface area contributed by atoms with Crippen LogP contribution < -0.4 is 5.56 Å². The van der Waals surface area contributed by atoms with Crippen molar-refractivity contribution in [2.75, 3.05) is 47.4 Å². The fraction of sp³-hybridized carbons (Fsp3) is 0.529. The van der Waals surface area contributed by atoms with Crippen LogP contribution >= 0.6 is 0 Å². The van der Waals surface area contributed by atoms with Crippen LogP contribution in [0.25, 0.3) is 10.9 Å². The van der Waals surface area contributed by atoms with Crippen molar-refractivity contribution in [2.24, 2.45) is 0 Å². The first-order chi connectivity index (χ1) is 12.0. The molecular weight excluding hydrogens is 322 g/mol. The molecular formula is C17H25N5O3. The second-order valence-electron chi connectivity index (χ2n) is 6.06. The van der Waals surface area contributed by atoms with Gasteiger partial charge in [0.25, 0.3) is 5.56 Å². The van der Waals surface area contributed by atoms with E-state index in [0.717, 1.165) is 6.54 Å². The van der Waals surface area contributed by atoms with Crippen molar-refractivity contribution < 1.29 is 9.53 Å². The molecule has 2 aromatic rings. The summed E-state index contributed by atoms with van der Waals surface area (Å²) in [5.74, 6) is -0.0271. The number of methoxy groups -OCH3 is 1. The lowest BCUT2D eigenvalue weighted by molar-refractivity contribution is -0.132. The number of hydrogen-bond acceptors (Lipinski definition) is 6. The Labute approximate surface area is 147 Å². The number of aromatic nitrogens is 3. The Bertz CT molecular complexity index is 759. The summed E-state index contributed by atoms with van der Waals surface area (Å²) in [7, 11) is 5.53. The standard InChI is InChI=1S/C17H25N5O3/c1-20(2)10-11-21(12-13-25-3)16(23)8-9-22-17(24)14-6-4-5-7-15(14)18-19-22/h4-7H,8-13H2,1-3H3. The van der Waals surface area contributed by atoms with E-state index in [-0.39, 0.29) is 24.4 Å². The monoisotopic (exact) mass is 347 g/mol. The molecule has 1 heterocycles. The van der Waals surface area contributed by atoms with Gasteiger partial charge in [-0.3, -0.25) is 9.59 Å². The van der Waals surface area contributed by atoms with Gasteiger partial charge >= 0.3 is 0 Å². The largest absolute Gasteiger partial charge is 0.383 e. The molecule has 8 heteroatoms. The Kier molecular flexibility index (Phi) is 7.03. The van der Waals surface area contributed by atoms with E-state index in [4.69, 9.17) is 4.74 Å². The maximum atomic E-state index is 12.5. The van der Waals surface area contributed by atoms with Gasteiger partial charge in [-0.1, -0.05) is 17.3 Å².